The van der Waals surface area contributed by atoms with Gasteiger partial charge in [-0.3, -0.25) is 14.6 Å². The number of rotatable bonds is 10. The molecule has 0 unspecified atom stereocenters. The molecule has 3 aromatic carbocycles. The van der Waals surface area contributed by atoms with E-state index in [1.165, 1.54) is 41.5 Å². The molecule has 0 radical (unpaired) electrons. The van der Waals surface area contributed by atoms with Gasteiger partial charge >= 0.3 is 6.03 Å². The highest BCUT2D eigenvalue weighted by Gasteiger charge is 2.30. The van der Waals surface area contributed by atoms with Gasteiger partial charge in [-0.05, 0) is 72.5 Å². The first-order valence-electron chi connectivity index (χ1n) is 14.5. The molecule has 1 aromatic heterocycles. The molecule has 3 N–H and O–H groups in total. The van der Waals surface area contributed by atoms with Crippen LogP contribution in [-0.2, 0) is 22.1 Å². The molecule has 1 saturated heterocycles. The average molecular weight is 650 g/mol. The van der Waals surface area contributed by atoms with Gasteiger partial charge in [0.2, 0.25) is 5.88 Å². The Hall–Kier alpha value is -4.88. The average Bonchev–Trinajstić information content (AvgIpc) is 3.00. The number of ether oxygens (including phenoxy) is 1. The van der Waals surface area contributed by atoms with Crippen molar-refractivity contribution in [3.8, 4) is 11.6 Å². The number of benzene rings is 3. The number of primary amides is 1. The number of carbonyl (C=O) groups excluding carboxylic acids is 2. The molecule has 0 saturated carbocycles. The molecule has 10 nitrogen and oxygen atoms in total. The smallest absolute Gasteiger partial charge is 0.326 e. The van der Waals surface area contributed by atoms with Crippen molar-refractivity contribution in [2.45, 2.75) is 31.2 Å². The summed E-state index contributed by atoms with van der Waals surface area (Å²) in [6.07, 6.45) is 4.12. The number of nitrogens with two attached hydrogens (primary N) is 1. The molecule has 240 valence electrons. The molecule has 0 aliphatic carbocycles. The van der Waals surface area contributed by atoms with Crippen molar-refractivity contribution in [2.75, 3.05) is 29.6 Å². The summed E-state index contributed by atoms with van der Waals surface area (Å²) in [5.41, 5.74) is 7.10. The third-order valence-electron chi connectivity index (χ3n) is 7.49. The van der Waals surface area contributed by atoms with Crippen molar-refractivity contribution in [2.24, 2.45) is 5.73 Å². The number of sulfone groups is 1. The summed E-state index contributed by atoms with van der Waals surface area (Å²) in [6.45, 7) is 1.94. The summed E-state index contributed by atoms with van der Waals surface area (Å²) >= 11 is 0. The predicted octanol–water partition coefficient (Wildman–Crippen LogP) is 5.50. The van der Waals surface area contributed by atoms with E-state index in [4.69, 9.17) is 10.5 Å². The molecule has 5 rings (SSSR count). The summed E-state index contributed by atoms with van der Waals surface area (Å²) in [5, 5.41) is 2.70. The van der Waals surface area contributed by atoms with Gasteiger partial charge in [-0.25, -0.2) is 27.0 Å². The lowest BCUT2D eigenvalue weighted by atomic mass is 10.0. The third-order valence-corrected chi connectivity index (χ3v) is 8.35. The van der Waals surface area contributed by atoms with Crippen LogP contribution in [-0.4, -0.2) is 55.6 Å². The Balaban J connectivity index is 1.20. The quantitative estimate of drug-likeness (QED) is 0.232. The molecule has 1 aliphatic rings. The van der Waals surface area contributed by atoms with Crippen LogP contribution in [0.4, 0.5) is 25.0 Å². The van der Waals surface area contributed by atoms with Crippen LogP contribution >= 0.6 is 0 Å². The number of pyridine rings is 1. The van der Waals surface area contributed by atoms with Crippen LogP contribution in [0.5, 0.6) is 11.6 Å². The number of halogens is 2. The van der Waals surface area contributed by atoms with E-state index in [-0.39, 0.29) is 23.0 Å². The first-order valence-corrected chi connectivity index (χ1v) is 16.6. The van der Waals surface area contributed by atoms with E-state index < -0.39 is 33.4 Å². The number of likely N-dealkylation sites (tertiary alicyclic amines) is 1. The van der Waals surface area contributed by atoms with Crippen LogP contribution in [0.1, 0.15) is 34.3 Å². The van der Waals surface area contributed by atoms with E-state index in [0.717, 1.165) is 11.6 Å². The number of hydrogen-bond donors (Lipinski definition) is 2. The Labute approximate surface area is 265 Å². The zero-order valence-corrected chi connectivity index (χ0v) is 25.8. The number of urea groups is 1. The molecule has 13 heteroatoms. The van der Waals surface area contributed by atoms with Gasteiger partial charge in [0.1, 0.15) is 17.4 Å². The van der Waals surface area contributed by atoms with Gasteiger partial charge < -0.3 is 15.8 Å². The SMILES string of the molecule is CS(=O)(=O)Cc1ccc(Oc2ccc(CN3CCC(N(C(=O)Nc4ccc(F)c(C(N)=O)c4)c4cccc(F)c4)CC3)cn2)cc1. The highest BCUT2D eigenvalue weighted by atomic mass is 32.2. The van der Waals surface area contributed by atoms with E-state index >= 15 is 0 Å². The molecule has 1 aliphatic heterocycles. The minimum atomic E-state index is -3.12. The summed E-state index contributed by atoms with van der Waals surface area (Å²) < 4.78 is 57.0. The van der Waals surface area contributed by atoms with Gasteiger partial charge in [-0.2, -0.15) is 0 Å². The summed E-state index contributed by atoms with van der Waals surface area (Å²) in [4.78, 5) is 33.2. The van der Waals surface area contributed by atoms with Crippen molar-refractivity contribution in [3.63, 3.8) is 0 Å². The Morgan fingerprint density at radius 2 is 1.72 bits per heavy atom. The summed E-state index contributed by atoms with van der Waals surface area (Å²) in [6, 6.07) is 19.0. The predicted molar refractivity (Wildman–Crippen MR) is 170 cm³/mol. The van der Waals surface area contributed by atoms with Gasteiger partial charge in [0, 0.05) is 55.6 Å². The van der Waals surface area contributed by atoms with Crippen LogP contribution in [0.2, 0.25) is 0 Å². The molecule has 0 atom stereocenters. The molecular weight excluding hydrogens is 616 g/mol. The second-order valence-corrected chi connectivity index (χ2v) is 13.3. The normalized spacial score (nSPS) is 14.1. The van der Waals surface area contributed by atoms with E-state index in [1.54, 1.807) is 42.6 Å². The number of amides is 3. The van der Waals surface area contributed by atoms with Crippen LogP contribution in [0.25, 0.3) is 0 Å². The lowest BCUT2D eigenvalue weighted by molar-refractivity contribution is 0.0996. The zero-order chi connectivity index (χ0) is 32.8. The topological polar surface area (TPSA) is 135 Å². The highest BCUT2D eigenvalue weighted by Crippen LogP contribution is 2.27. The van der Waals surface area contributed by atoms with Crippen molar-refractivity contribution in [1.82, 2.24) is 9.88 Å². The van der Waals surface area contributed by atoms with Crippen LogP contribution in [0.15, 0.2) is 85.1 Å². The molecule has 3 amide bonds. The zero-order valence-electron chi connectivity index (χ0n) is 25.0. The number of nitrogens with one attached hydrogen (secondary N) is 1. The van der Waals surface area contributed by atoms with Crippen molar-refractivity contribution >= 4 is 33.2 Å². The number of nitrogens with zero attached hydrogens (tertiary/aromatic N) is 3. The standard InChI is InChI=1S/C33H33F2N5O5S/c1-46(43,44)21-22-5-9-28(10-6-22)45-31-12-7-23(19-37-31)20-39-15-13-26(14-16-39)40(27-4-2-3-24(34)17-27)33(42)38-25-8-11-30(35)29(18-25)32(36)41/h2-12,17-19,26H,13-16,20-21H2,1H3,(H2,36,41)(H,38,42). The van der Waals surface area contributed by atoms with E-state index in [2.05, 4.69) is 15.2 Å². The van der Waals surface area contributed by atoms with Crippen LogP contribution in [0, 0.1) is 11.6 Å². The first-order chi connectivity index (χ1) is 21.9. The number of anilines is 2. The second-order valence-electron chi connectivity index (χ2n) is 11.2. The Kier molecular flexibility index (Phi) is 9.93. The third kappa shape index (κ3) is 8.64. The van der Waals surface area contributed by atoms with Gasteiger partial charge in [0.25, 0.3) is 5.91 Å². The molecule has 0 spiro atoms. The number of hydrogen-bond acceptors (Lipinski definition) is 7. The van der Waals surface area contributed by atoms with E-state index in [0.29, 0.717) is 55.4 Å². The Morgan fingerprint density at radius 3 is 2.35 bits per heavy atom. The maximum Gasteiger partial charge on any atom is 0.326 e. The minimum absolute atomic E-state index is 0.0390. The lowest BCUT2D eigenvalue weighted by Crippen LogP contribution is -2.49. The molecule has 1 fully saturated rings. The van der Waals surface area contributed by atoms with Gasteiger partial charge in [0.05, 0.1) is 11.3 Å². The maximum absolute atomic E-state index is 14.2. The number of carbonyl (C=O) groups is 2. The Bertz CT molecular complexity index is 1810. The fraction of sp³-hybridized carbons (Fsp3) is 0.242. The van der Waals surface area contributed by atoms with Gasteiger partial charge in [0.15, 0.2) is 9.84 Å². The fourth-order valence-electron chi connectivity index (χ4n) is 5.33. The van der Waals surface area contributed by atoms with Crippen molar-refractivity contribution < 1.29 is 31.5 Å². The Morgan fingerprint density at radius 1 is 1.00 bits per heavy atom. The highest BCUT2D eigenvalue weighted by molar-refractivity contribution is 7.89. The fourth-order valence-corrected chi connectivity index (χ4v) is 6.13. The molecule has 0 bridgehead atoms. The lowest BCUT2D eigenvalue weighted by Gasteiger charge is -2.38. The van der Waals surface area contributed by atoms with Crippen LogP contribution in [0.3, 0.4) is 0 Å². The van der Waals surface area contributed by atoms with E-state index in [9.17, 15) is 26.8 Å². The van der Waals surface area contributed by atoms with E-state index in [1.807, 2.05) is 6.07 Å². The van der Waals surface area contributed by atoms with Gasteiger partial charge in [-0.15, -0.1) is 0 Å². The number of aromatic nitrogens is 1. The van der Waals surface area contributed by atoms with Crippen LogP contribution < -0.4 is 20.7 Å². The molecule has 4 aromatic rings. The maximum atomic E-state index is 14.2. The summed E-state index contributed by atoms with van der Waals surface area (Å²) in [7, 11) is -3.12. The monoisotopic (exact) mass is 649 g/mol. The molecule has 2 heterocycles. The van der Waals surface area contributed by atoms with Gasteiger partial charge in [-0.1, -0.05) is 24.3 Å². The first kappa shape index (κ1) is 32.5. The molecule has 46 heavy (non-hydrogen) atoms. The largest absolute Gasteiger partial charge is 0.439 e. The molecular formula is C33H33F2N5O5S. The summed E-state index contributed by atoms with van der Waals surface area (Å²) in [5.74, 6) is -1.34. The minimum Gasteiger partial charge on any atom is -0.439 e. The second kappa shape index (κ2) is 14.0. The number of piperidine rings is 1. The van der Waals surface area contributed by atoms with Crippen molar-refractivity contribution in [3.05, 3.63) is 113 Å². The van der Waals surface area contributed by atoms with Crippen molar-refractivity contribution in [1.29, 1.82) is 0 Å².